The number of rotatable bonds is 6. The Kier molecular flexibility index (Phi) is 6.48. The molecule has 0 aliphatic rings. The largest absolute Gasteiger partial charge is 0.354 e. The van der Waals surface area contributed by atoms with E-state index < -0.39 is 0 Å². The molecule has 0 unspecified atom stereocenters. The molecule has 0 atom stereocenters. The molecular weight excluding hydrogens is 324 g/mol. The lowest BCUT2D eigenvalue weighted by Gasteiger charge is -2.08. The number of nitrogens with one attached hydrogen (secondary N) is 2. The van der Waals surface area contributed by atoms with Crippen LogP contribution in [-0.2, 0) is 11.3 Å². The van der Waals surface area contributed by atoms with Gasteiger partial charge in [0, 0.05) is 34.9 Å². The topological polar surface area (TPSA) is 41.1 Å². The van der Waals surface area contributed by atoms with Crippen molar-refractivity contribution in [2.45, 2.75) is 32.9 Å². The molecule has 0 saturated heterocycles. The van der Waals surface area contributed by atoms with Crippen molar-refractivity contribution < 1.29 is 4.79 Å². The molecule has 0 saturated carbocycles. The third-order valence-corrected chi connectivity index (χ3v) is 4.45. The van der Waals surface area contributed by atoms with Gasteiger partial charge in [0.2, 0.25) is 5.91 Å². The maximum Gasteiger partial charge on any atom is 0.221 e. The van der Waals surface area contributed by atoms with E-state index in [1.165, 1.54) is 11.3 Å². The van der Waals surface area contributed by atoms with Crippen molar-refractivity contribution in [1.29, 1.82) is 0 Å². The summed E-state index contributed by atoms with van der Waals surface area (Å²) in [5, 5.41) is 6.07. The van der Waals surface area contributed by atoms with Gasteiger partial charge in [-0.15, -0.1) is 11.3 Å². The molecule has 0 aromatic carbocycles. The van der Waals surface area contributed by atoms with Gasteiger partial charge in [-0.2, -0.15) is 0 Å². The Morgan fingerprint density at radius 2 is 2.29 bits per heavy atom. The Hall–Kier alpha value is -0.100. The zero-order valence-corrected chi connectivity index (χ0v) is 13.0. The molecule has 17 heavy (non-hydrogen) atoms. The summed E-state index contributed by atoms with van der Waals surface area (Å²) in [5.74, 6) is 0.0814. The first-order valence-electron chi connectivity index (χ1n) is 5.43. The second kappa shape index (κ2) is 7.36. The zero-order chi connectivity index (χ0) is 12.8. The number of thiophene rings is 1. The van der Waals surface area contributed by atoms with Crippen LogP contribution in [0.3, 0.4) is 0 Å². The van der Waals surface area contributed by atoms with Crippen LogP contribution in [0.5, 0.6) is 0 Å². The van der Waals surface area contributed by atoms with Crippen LogP contribution in [0.4, 0.5) is 0 Å². The summed E-state index contributed by atoms with van der Waals surface area (Å²) >= 11 is 10.8. The zero-order valence-electron chi connectivity index (χ0n) is 9.85. The monoisotopic (exact) mass is 338 g/mol. The molecule has 6 heteroatoms. The fourth-order valence-corrected chi connectivity index (χ4v) is 3.05. The summed E-state index contributed by atoms with van der Waals surface area (Å²) in [5.41, 5.74) is 0. The number of amides is 1. The van der Waals surface area contributed by atoms with Crippen molar-refractivity contribution in [2.75, 3.05) is 6.54 Å². The summed E-state index contributed by atoms with van der Waals surface area (Å²) in [6.07, 6.45) is 0.498. The van der Waals surface area contributed by atoms with Crippen LogP contribution < -0.4 is 10.6 Å². The number of hydrogen-bond acceptors (Lipinski definition) is 3. The molecule has 1 amide bonds. The molecule has 1 aromatic heterocycles. The Labute approximate surface area is 119 Å². The fourth-order valence-electron chi connectivity index (χ4n) is 1.29. The van der Waals surface area contributed by atoms with E-state index >= 15 is 0 Å². The highest BCUT2D eigenvalue weighted by Crippen LogP contribution is 2.31. The first-order valence-corrected chi connectivity index (χ1v) is 7.41. The molecule has 2 N–H and O–H groups in total. The van der Waals surface area contributed by atoms with E-state index in [1.54, 1.807) is 0 Å². The van der Waals surface area contributed by atoms with Crippen LogP contribution in [0, 0.1) is 0 Å². The molecule has 96 valence electrons. The molecular formula is C11H16BrClN2OS. The maximum atomic E-state index is 11.3. The summed E-state index contributed by atoms with van der Waals surface area (Å²) in [6.45, 7) is 5.32. The minimum atomic E-state index is 0.0814. The third-order valence-electron chi connectivity index (χ3n) is 1.97. The first kappa shape index (κ1) is 15.0. The quantitative estimate of drug-likeness (QED) is 0.782. The minimum Gasteiger partial charge on any atom is -0.354 e. The second-order valence-electron chi connectivity index (χ2n) is 3.98. The highest BCUT2D eigenvalue weighted by atomic mass is 79.9. The van der Waals surface area contributed by atoms with Gasteiger partial charge in [0.25, 0.3) is 0 Å². The predicted octanol–water partition coefficient (Wildman–Crippen LogP) is 3.17. The average molecular weight is 340 g/mol. The van der Waals surface area contributed by atoms with Gasteiger partial charge in [0.15, 0.2) is 0 Å². The Morgan fingerprint density at radius 1 is 1.59 bits per heavy atom. The lowest BCUT2D eigenvalue weighted by molar-refractivity contribution is -0.121. The van der Waals surface area contributed by atoms with Gasteiger partial charge < -0.3 is 10.6 Å². The van der Waals surface area contributed by atoms with Crippen molar-refractivity contribution in [1.82, 2.24) is 10.6 Å². The van der Waals surface area contributed by atoms with E-state index in [0.717, 1.165) is 20.2 Å². The second-order valence-corrected chi connectivity index (χ2v) is 6.58. The molecule has 1 heterocycles. The van der Waals surface area contributed by atoms with E-state index in [2.05, 4.69) is 26.6 Å². The van der Waals surface area contributed by atoms with Crippen molar-refractivity contribution in [3.05, 3.63) is 19.8 Å². The number of halogens is 2. The first-order chi connectivity index (χ1) is 7.99. The van der Waals surface area contributed by atoms with Crippen molar-refractivity contribution >= 4 is 44.8 Å². The summed E-state index contributed by atoms with van der Waals surface area (Å²) in [4.78, 5) is 12.5. The lowest BCUT2D eigenvalue weighted by atomic mass is 10.3. The molecule has 1 rings (SSSR count). The van der Waals surface area contributed by atoms with E-state index in [0.29, 0.717) is 13.0 Å². The van der Waals surface area contributed by atoms with Gasteiger partial charge in [-0.3, -0.25) is 4.79 Å². The van der Waals surface area contributed by atoms with Crippen molar-refractivity contribution in [3.63, 3.8) is 0 Å². The Balaban J connectivity index is 2.18. The van der Waals surface area contributed by atoms with Crippen LogP contribution in [0.1, 0.15) is 25.1 Å². The summed E-state index contributed by atoms with van der Waals surface area (Å²) in [7, 11) is 0. The Morgan fingerprint density at radius 3 is 2.82 bits per heavy atom. The van der Waals surface area contributed by atoms with Crippen LogP contribution >= 0.6 is 38.9 Å². The van der Waals surface area contributed by atoms with Gasteiger partial charge in [-0.05, 0) is 35.8 Å². The molecule has 3 nitrogen and oxygen atoms in total. The van der Waals surface area contributed by atoms with Crippen LogP contribution in [0.15, 0.2) is 10.5 Å². The van der Waals surface area contributed by atoms with Gasteiger partial charge in [0.05, 0.1) is 0 Å². The van der Waals surface area contributed by atoms with Gasteiger partial charge >= 0.3 is 0 Å². The number of carbonyl (C=O) groups excluding carboxylic acids is 1. The maximum absolute atomic E-state index is 11.3. The minimum absolute atomic E-state index is 0.0814. The molecule has 0 aliphatic heterocycles. The third kappa shape index (κ3) is 5.86. The summed E-state index contributed by atoms with van der Waals surface area (Å²) < 4.78 is 1.69. The SMILES string of the molecule is CC(C)NC(=O)CCNCc1cc(Br)c(Cl)s1. The smallest absolute Gasteiger partial charge is 0.221 e. The molecule has 0 radical (unpaired) electrons. The van der Waals surface area contributed by atoms with E-state index in [-0.39, 0.29) is 11.9 Å². The summed E-state index contributed by atoms with van der Waals surface area (Å²) in [6, 6.07) is 2.20. The highest BCUT2D eigenvalue weighted by Gasteiger charge is 2.05. The predicted molar refractivity (Wildman–Crippen MR) is 76.6 cm³/mol. The van der Waals surface area contributed by atoms with E-state index in [9.17, 15) is 4.79 Å². The van der Waals surface area contributed by atoms with Gasteiger partial charge in [-0.25, -0.2) is 0 Å². The normalized spacial score (nSPS) is 10.9. The molecule has 0 bridgehead atoms. The number of carbonyl (C=O) groups is 1. The molecule has 0 spiro atoms. The lowest BCUT2D eigenvalue weighted by Crippen LogP contribution is -2.32. The fraction of sp³-hybridized carbons (Fsp3) is 0.545. The van der Waals surface area contributed by atoms with Crippen molar-refractivity contribution in [3.8, 4) is 0 Å². The van der Waals surface area contributed by atoms with Crippen LogP contribution in [-0.4, -0.2) is 18.5 Å². The molecule has 1 aromatic rings. The molecule has 0 aliphatic carbocycles. The van der Waals surface area contributed by atoms with Crippen molar-refractivity contribution in [2.24, 2.45) is 0 Å². The average Bonchev–Trinajstić information content (AvgIpc) is 2.52. The van der Waals surface area contributed by atoms with Gasteiger partial charge in [0.1, 0.15) is 4.34 Å². The van der Waals surface area contributed by atoms with Crippen LogP contribution in [0.2, 0.25) is 4.34 Å². The van der Waals surface area contributed by atoms with E-state index in [1.807, 2.05) is 19.9 Å². The van der Waals surface area contributed by atoms with E-state index in [4.69, 9.17) is 11.6 Å². The standard InChI is InChI=1S/C11H16BrClN2OS/c1-7(2)15-10(16)3-4-14-6-8-5-9(12)11(13)17-8/h5,7,14H,3-4,6H2,1-2H3,(H,15,16). The molecule has 0 fully saturated rings. The number of hydrogen-bond donors (Lipinski definition) is 2. The highest BCUT2D eigenvalue weighted by molar-refractivity contribution is 9.10. The van der Waals surface area contributed by atoms with Gasteiger partial charge in [-0.1, -0.05) is 11.6 Å². The Bertz CT molecular complexity index is 362. The van der Waals surface area contributed by atoms with Crippen LogP contribution in [0.25, 0.3) is 0 Å².